The Labute approximate surface area is 71.3 Å². The Hall–Kier alpha value is -1.25. The summed E-state index contributed by atoms with van der Waals surface area (Å²) >= 11 is 0. The SMILES string of the molecule is CCOC(=O)C1=CC=C(O)CC1. The van der Waals surface area contributed by atoms with Gasteiger partial charge in [0.2, 0.25) is 0 Å². The molecule has 0 aliphatic heterocycles. The van der Waals surface area contributed by atoms with E-state index in [4.69, 9.17) is 9.84 Å². The van der Waals surface area contributed by atoms with E-state index in [1.807, 2.05) is 0 Å². The molecule has 3 nitrogen and oxygen atoms in total. The molecule has 0 saturated carbocycles. The minimum absolute atomic E-state index is 0.277. The molecule has 0 spiro atoms. The molecule has 0 aromatic carbocycles. The van der Waals surface area contributed by atoms with Gasteiger partial charge in [-0.1, -0.05) is 0 Å². The molecule has 0 fully saturated rings. The summed E-state index contributed by atoms with van der Waals surface area (Å²) in [5, 5.41) is 9.00. The summed E-state index contributed by atoms with van der Waals surface area (Å²) in [5.74, 6) is 0.0456. The van der Waals surface area contributed by atoms with Crippen LogP contribution in [0.5, 0.6) is 0 Å². The third-order valence-corrected chi connectivity index (χ3v) is 1.67. The molecule has 1 aliphatic rings. The van der Waals surface area contributed by atoms with Gasteiger partial charge in [0.1, 0.15) is 0 Å². The largest absolute Gasteiger partial charge is 0.512 e. The van der Waals surface area contributed by atoms with Crippen LogP contribution in [0.2, 0.25) is 0 Å². The molecule has 0 saturated heterocycles. The first-order valence-electron chi connectivity index (χ1n) is 4.00. The number of esters is 1. The third kappa shape index (κ3) is 2.12. The predicted molar refractivity (Wildman–Crippen MR) is 44.7 cm³/mol. The van der Waals surface area contributed by atoms with Gasteiger partial charge >= 0.3 is 5.97 Å². The van der Waals surface area contributed by atoms with E-state index in [-0.39, 0.29) is 5.97 Å². The van der Waals surface area contributed by atoms with Crippen molar-refractivity contribution in [2.24, 2.45) is 0 Å². The molecular formula is C9H12O3. The highest BCUT2D eigenvalue weighted by Gasteiger charge is 2.13. The Morgan fingerprint density at radius 2 is 2.33 bits per heavy atom. The molecule has 12 heavy (non-hydrogen) atoms. The second-order valence-electron chi connectivity index (χ2n) is 2.57. The summed E-state index contributed by atoms with van der Waals surface area (Å²) in [6.07, 6.45) is 4.25. The summed E-state index contributed by atoms with van der Waals surface area (Å²) < 4.78 is 4.80. The van der Waals surface area contributed by atoms with Crippen LogP contribution in [0.4, 0.5) is 0 Å². The van der Waals surface area contributed by atoms with Gasteiger partial charge in [0.25, 0.3) is 0 Å². The van der Waals surface area contributed by atoms with Crippen molar-refractivity contribution in [3.8, 4) is 0 Å². The zero-order valence-corrected chi connectivity index (χ0v) is 7.04. The molecule has 0 bridgehead atoms. The molecule has 0 amide bonds. The molecular weight excluding hydrogens is 156 g/mol. The molecule has 1 aliphatic carbocycles. The van der Waals surface area contributed by atoms with Crippen LogP contribution >= 0.6 is 0 Å². The van der Waals surface area contributed by atoms with Crippen LogP contribution < -0.4 is 0 Å². The van der Waals surface area contributed by atoms with Crippen molar-refractivity contribution in [1.29, 1.82) is 0 Å². The van der Waals surface area contributed by atoms with Crippen LogP contribution in [0, 0.1) is 0 Å². The highest BCUT2D eigenvalue weighted by atomic mass is 16.5. The molecule has 66 valence electrons. The van der Waals surface area contributed by atoms with Crippen LogP contribution in [-0.4, -0.2) is 17.7 Å². The second-order valence-corrected chi connectivity index (χ2v) is 2.57. The van der Waals surface area contributed by atoms with Crippen LogP contribution in [0.1, 0.15) is 19.8 Å². The smallest absolute Gasteiger partial charge is 0.333 e. The predicted octanol–water partition coefficient (Wildman–Crippen LogP) is 1.71. The van der Waals surface area contributed by atoms with Gasteiger partial charge in [0, 0.05) is 12.0 Å². The first-order chi connectivity index (χ1) is 5.74. The lowest BCUT2D eigenvalue weighted by molar-refractivity contribution is -0.138. The average molecular weight is 168 g/mol. The first kappa shape index (κ1) is 8.84. The zero-order chi connectivity index (χ0) is 8.97. The van der Waals surface area contributed by atoms with Gasteiger partial charge in [-0.2, -0.15) is 0 Å². The van der Waals surface area contributed by atoms with E-state index in [1.54, 1.807) is 13.0 Å². The Morgan fingerprint density at radius 3 is 2.83 bits per heavy atom. The van der Waals surface area contributed by atoms with E-state index in [9.17, 15) is 4.79 Å². The highest BCUT2D eigenvalue weighted by molar-refractivity contribution is 5.89. The van der Waals surface area contributed by atoms with Crippen molar-refractivity contribution >= 4 is 5.97 Å². The number of carbonyl (C=O) groups is 1. The van der Waals surface area contributed by atoms with Crippen molar-refractivity contribution in [2.45, 2.75) is 19.8 Å². The van der Waals surface area contributed by atoms with Crippen LogP contribution in [0.25, 0.3) is 0 Å². The van der Waals surface area contributed by atoms with Gasteiger partial charge in [-0.3, -0.25) is 0 Å². The van der Waals surface area contributed by atoms with Crippen molar-refractivity contribution in [3.63, 3.8) is 0 Å². The summed E-state index contributed by atoms with van der Waals surface area (Å²) in [5.41, 5.74) is 0.634. The maximum absolute atomic E-state index is 11.1. The summed E-state index contributed by atoms with van der Waals surface area (Å²) in [6.45, 7) is 2.17. The Morgan fingerprint density at radius 1 is 1.58 bits per heavy atom. The number of carbonyl (C=O) groups excluding carboxylic acids is 1. The Balaban J connectivity index is 2.59. The van der Waals surface area contributed by atoms with Crippen molar-refractivity contribution in [3.05, 3.63) is 23.5 Å². The fourth-order valence-electron chi connectivity index (χ4n) is 1.02. The lowest BCUT2D eigenvalue weighted by Crippen LogP contribution is -2.09. The van der Waals surface area contributed by atoms with E-state index in [2.05, 4.69) is 0 Å². The van der Waals surface area contributed by atoms with Gasteiger partial charge in [-0.25, -0.2) is 4.79 Å². The van der Waals surface area contributed by atoms with Gasteiger partial charge in [0.05, 0.1) is 12.4 Å². The van der Waals surface area contributed by atoms with E-state index in [1.165, 1.54) is 6.08 Å². The number of aliphatic hydroxyl groups excluding tert-OH is 1. The average Bonchev–Trinajstić information content (AvgIpc) is 2.06. The molecule has 0 atom stereocenters. The maximum Gasteiger partial charge on any atom is 0.333 e. The monoisotopic (exact) mass is 168 g/mol. The van der Waals surface area contributed by atoms with Gasteiger partial charge in [0.15, 0.2) is 0 Å². The minimum Gasteiger partial charge on any atom is -0.512 e. The standard InChI is InChI=1S/C9H12O3/c1-2-12-9(11)7-3-5-8(10)6-4-7/h3,5,10H,2,4,6H2,1H3. The van der Waals surface area contributed by atoms with E-state index < -0.39 is 0 Å². The number of allylic oxidation sites excluding steroid dienone is 3. The number of hydrogen-bond acceptors (Lipinski definition) is 3. The third-order valence-electron chi connectivity index (χ3n) is 1.67. The summed E-state index contributed by atoms with van der Waals surface area (Å²) in [6, 6.07) is 0. The number of rotatable bonds is 2. The number of aliphatic hydroxyl groups is 1. The molecule has 1 N–H and O–H groups in total. The van der Waals surface area contributed by atoms with Gasteiger partial charge < -0.3 is 9.84 Å². The molecule has 0 radical (unpaired) electrons. The normalized spacial score (nSPS) is 16.4. The van der Waals surface area contributed by atoms with Crippen LogP contribution in [0.3, 0.4) is 0 Å². The fraction of sp³-hybridized carbons (Fsp3) is 0.444. The van der Waals surface area contributed by atoms with Crippen LogP contribution in [0.15, 0.2) is 23.5 Å². The molecule has 1 rings (SSSR count). The molecule has 0 aromatic rings. The van der Waals surface area contributed by atoms with E-state index in [0.717, 1.165) is 0 Å². The topological polar surface area (TPSA) is 46.5 Å². The molecule has 3 heteroatoms. The Kier molecular flexibility index (Phi) is 2.91. The van der Waals surface area contributed by atoms with Crippen molar-refractivity contribution < 1.29 is 14.6 Å². The number of ether oxygens (including phenoxy) is 1. The minimum atomic E-state index is -0.277. The molecule has 0 heterocycles. The number of hydrogen-bond donors (Lipinski definition) is 1. The Bertz CT molecular complexity index is 238. The van der Waals surface area contributed by atoms with E-state index in [0.29, 0.717) is 30.8 Å². The molecule has 0 unspecified atom stereocenters. The van der Waals surface area contributed by atoms with Gasteiger partial charge in [-0.15, -0.1) is 0 Å². The lowest BCUT2D eigenvalue weighted by atomic mass is 10.0. The summed E-state index contributed by atoms with van der Waals surface area (Å²) in [7, 11) is 0. The van der Waals surface area contributed by atoms with Crippen molar-refractivity contribution in [2.75, 3.05) is 6.61 Å². The summed E-state index contributed by atoms with van der Waals surface area (Å²) in [4.78, 5) is 11.1. The van der Waals surface area contributed by atoms with Crippen LogP contribution in [-0.2, 0) is 9.53 Å². The van der Waals surface area contributed by atoms with Gasteiger partial charge in [-0.05, 0) is 25.5 Å². The lowest BCUT2D eigenvalue weighted by Gasteiger charge is -2.09. The quantitative estimate of drug-likeness (QED) is 0.638. The first-order valence-corrected chi connectivity index (χ1v) is 4.00. The second kappa shape index (κ2) is 3.95. The highest BCUT2D eigenvalue weighted by Crippen LogP contribution is 2.17. The fourth-order valence-corrected chi connectivity index (χ4v) is 1.02. The van der Waals surface area contributed by atoms with E-state index >= 15 is 0 Å². The van der Waals surface area contributed by atoms with Crippen molar-refractivity contribution in [1.82, 2.24) is 0 Å². The maximum atomic E-state index is 11.1. The molecule has 0 aromatic heterocycles. The zero-order valence-electron chi connectivity index (χ0n) is 7.04.